The van der Waals surface area contributed by atoms with Gasteiger partial charge in [0, 0.05) is 64.4 Å². The normalized spacial score (nSPS) is 18.8. The third-order valence-corrected chi connectivity index (χ3v) is 7.74. The number of hydrogen-bond donors (Lipinski definition) is 1. The van der Waals surface area contributed by atoms with Gasteiger partial charge in [-0.15, -0.1) is 0 Å². The number of pyridine rings is 1. The van der Waals surface area contributed by atoms with Crippen molar-refractivity contribution in [2.24, 2.45) is 0 Å². The van der Waals surface area contributed by atoms with Gasteiger partial charge in [-0.05, 0) is 44.0 Å². The molecule has 0 saturated carbocycles. The second-order valence-corrected chi connectivity index (χ2v) is 9.94. The van der Waals surface area contributed by atoms with Gasteiger partial charge in [-0.2, -0.15) is 4.31 Å². The summed E-state index contributed by atoms with van der Waals surface area (Å²) >= 11 is 0. The lowest BCUT2D eigenvalue weighted by atomic mass is 10.2. The Kier molecular flexibility index (Phi) is 7.31. The maximum Gasteiger partial charge on any atom is 0.244 e. The van der Waals surface area contributed by atoms with Crippen molar-refractivity contribution in [1.82, 2.24) is 24.2 Å². The van der Waals surface area contributed by atoms with Crippen molar-refractivity contribution in [3.05, 3.63) is 36.8 Å². The van der Waals surface area contributed by atoms with E-state index in [4.69, 9.17) is 0 Å². The summed E-state index contributed by atoms with van der Waals surface area (Å²) in [5.41, 5.74) is 0. The molecule has 0 amide bonds. The molecule has 0 aromatic carbocycles. The summed E-state index contributed by atoms with van der Waals surface area (Å²) < 4.78 is 27.0. The number of nitrogens with zero attached hydrogens (tertiary/aromatic N) is 6. The smallest absolute Gasteiger partial charge is 0.244 e. The molecule has 4 heterocycles. The van der Waals surface area contributed by atoms with Gasteiger partial charge in [0.05, 0.1) is 0 Å². The molecular formula is C21H31N7O2S. The monoisotopic (exact) mass is 445 g/mol. The van der Waals surface area contributed by atoms with E-state index in [9.17, 15) is 8.42 Å². The highest BCUT2D eigenvalue weighted by atomic mass is 32.2. The molecule has 2 aromatic rings. The van der Waals surface area contributed by atoms with Crippen molar-refractivity contribution in [3.8, 4) is 0 Å². The van der Waals surface area contributed by atoms with Gasteiger partial charge in [-0.1, -0.05) is 6.42 Å². The molecule has 0 atom stereocenters. The first-order valence-corrected chi connectivity index (χ1v) is 12.5. The largest absolute Gasteiger partial charge is 0.370 e. The summed E-state index contributed by atoms with van der Waals surface area (Å²) in [6, 6.07) is 5.25. The molecule has 2 saturated heterocycles. The van der Waals surface area contributed by atoms with Crippen LogP contribution in [0.15, 0.2) is 41.7 Å². The molecule has 4 rings (SSSR count). The zero-order chi connectivity index (χ0) is 21.5. The van der Waals surface area contributed by atoms with Gasteiger partial charge >= 0.3 is 0 Å². The Morgan fingerprint density at radius 2 is 1.65 bits per heavy atom. The highest BCUT2D eigenvalue weighted by Crippen LogP contribution is 2.20. The molecule has 168 valence electrons. The van der Waals surface area contributed by atoms with Crippen molar-refractivity contribution in [2.75, 3.05) is 62.6 Å². The van der Waals surface area contributed by atoms with Crippen molar-refractivity contribution < 1.29 is 8.42 Å². The van der Waals surface area contributed by atoms with Gasteiger partial charge in [0.1, 0.15) is 10.7 Å². The lowest BCUT2D eigenvalue weighted by molar-refractivity contribution is 0.256. The van der Waals surface area contributed by atoms with E-state index < -0.39 is 10.0 Å². The summed E-state index contributed by atoms with van der Waals surface area (Å²) in [7, 11) is -3.42. The minimum Gasteiger partial charge on any atom is -0.370 e. The van der Waals surface area contributed by atoms with Crippen LogP contribution in [0.5, 0.6) is 0 Å². The SMILES string of the molecule is O=S(=O)(c1ccc(NCCCN2CCN(c3ncccn3)CC2)nc1)N1CCCCC1. The summed E-state index contributed by atoms with van der Waals surface area (Å²) in [6.07, 6.45) is 9.00. The highest BCUT2D eigenvalue weighted by Gasteiger charge is 2.26. The van der Waals surface area contributed by atoms with E-state index in [0.29, 0.717) is 18.9 Å². The molecule has 2 fully saturated rings. The van der Waals surface area contributed by atoms with E-state index in [1.165, 1.54) is 6.20 Å². The Balaban J connectivity index is 1.18. The number of hydrogen-bond acceptors (Lipinski definition) is 8. The molecule has 9 nitrogen and oxygen atoms in total. The van der Waals surface area contributed by atoms with Crippen molar-refractivity contribution in [1.29, 1.82) is 0 Å². The van der Waals surface area contributed by atoms with Crippen molar-refractivity contribution in [2.45, 2.75) is 30.6 Å². The van der Waals surface area contributed by atoms with Crippen LogP contribution in [0.25, 0.3) is 0 Å². The Labute approximate surface area is 184 Å². The maximum absolute atomic E-state index is 12.7. The van der Waals surface area contributed by atoms with Crippen LogP contribution in [0.3, 0.4) is 0 Å². The van der Waals surface area contributed by atoms with E-state index in [2.05, 4.69) is 30.1 Å². The van der Waals surface area contributed by atoms with Crippen LogP contribution < -0.4 is 10.2 Å². The summed E-state index contributed by atoms with van der Waals surface area (Å²) in [5.74, 6) is 1.52. The second kappa shape index (κ2) is 10.3. The fourth-order valence-electron chi connectivity index (χ4n) is 4.04. The van der Waals surface area contributed by atoms with Gasteiger partial charge in [0.15, 0.2) is 0 Å². The van der Waals surface area contributed by atoms with E-state index >= 15 is 0 Å². The van der Waals surface area contributed by atoms with Gasteiger partial charge in [-0.25, -0.2) is 23.4 Å². The first-order chi connectivity index (χ1) is 15.1. The zero-order valence-corrected chi connectivity index (χ0v) is 18.7. The molecular weight excluding hydrogens is 414 g/mol. The number of sulfonamides is 1. The minimum absolute atomic E-state index is 0.278. The van der Waals surface area contributed by atoms with Crippen LogP contribution in [0.1, 0.15) is 25.7 Å². The molecule has 2 aliphatic heterocycles. The predicted molar refractivity (Wildman–Crippen MR) is 121 cm³/mol. The van der Waals surface area contributed by atoms with Gasteiger partial charge < -0.3 is 10.2 Å². The molecule has 31 heavy (non-hydrogen) atoms. The molecule has 0 radical (unpaired) electrons. The molecule has 1 N–H and O–H groups in total. The number of rotatable bonds is 8. The number of piperazine rings is 1. The zero-order valence-electron chi connectivity index (χ0n) is 17.9. The van der Waals surface area contributed by atoms with Crippen molar-refractivity contribution >= 4 is 21.8 Å². The summed E-state index contributed by atoms with van der Waals surface area (Å²) in [4.78, 5) is 17.9. The topological polar surface area (TPSA) is 94.6 Å². The molecule has 2 aliphatic rings. The second-order valence-electron chi connectivity index (χ2n) is 8.00. The minimum atomic E-state index is -3.42. The highest BCUT2D eigenvalue weighted by molar-refractivity contribution is 7.89. The molecule has 0 bridgehead atoms. The van der Waals surface area contributed by atoms with E-state index in [1.807, 2.05) is 6.07 Å². The quantitative estimate of drug-likeness (QED) is 0.613. The molecule has 0 unspecified atom stereocenters. The van der Waals surface area contributed by atoms with Crippen molar-refractivity contribution in [3.63, 3.8) is 0 Å². The fraction of sp³-hybridized carbons (Fsp3) is 0.571. The first kappa shape index (κ1) is 21.9. The number of nitrogens with one attached hydrogen (secondary N) is 1. The van der Waals surface area contributed by atoms with Crippen LogP contribution in [0.4, 0.5) is 11.8 Å². The van der Waals surface area contributed by atoms with E-state index in [-0.39, 0.29) is 4.90 Å². The van der Waals surface area contributed by atoms with Gasteiger partial charge in [0.25, 0.3) is 0 Å². The van der Waals surface area contributed by atoms with Crippen LogP contribution >= 0.6 is 0 Å². The first-order valence-electron chi connectivity index (χ1n) is 11.1. The Hall–Kier alpha value is -2.30. The number of aromatic nitrogens is 3. The molecule has 10 heteroatoms. The lowest BCUT2D eigenvalue weighted by Crippen LogP contribution is -2.47. The van der Waals surface area contributed by atoms with Crippen LogP contribution in [0.2, 0.25) is 0 Å². The standard InChI is InChI=1S/C21H31N7O2S/c29-31(30,28-12-2-1-3-13-28)19-6-7-20(25-18-19)22-10-5-11-26-14-16-27(17-15-26)21-23-8-4-9-24-21/h4,6-9,18H,1-3,5,10-17H2,(H,22,25). The molecule has 0 aliphatic carbocycles. The number of anilines is 2. The summed E-state index contributed by atoms with van der Waals surface area (Å²) in [6.45, 7) is 6.89. The lowest BCUT2D eigenvalue weighted by Gasteiger charge is -2.34. The maximum atomic E-state index is 12.7. The Morgan fingerprint density at radius 1 is 0.903 bits per heavy atom. The third-order valence-electron chi connectivity index (χ3n) is 5.85. The van der Waals surface area contributed by atoms with E-state index in [1.54, 1.807) is 28.8 Å². The average Bonchev–Trinajstić information content (AvgIpc) is 2.84. The van der Waals surface area contributed by atoms with Crippen LogP contribution in [0, 0.1) is 0 Å². The molecule has 2 aromatic heterocycles. The fourth-order valence-corrected chi connectivity index (χ4v) is 5.50. The Morgan fingerprint density at radius 3 is 2.32 bits per heavy atom. The average molecular weight is 446 g/mol. The predicted octanol–water partition coefficient (Wildman–Crippen LogP) is 1.67. The third kappa shape index (κ3) is 5.69. The van der Waals surface area contributed by atoms with E-state index in [0.717, 1.165) is 70.9 Å². The number of piperidine rings is 1. The van der Waals surface area contributed by atoms with Gasteiger partial charge in [-0.3, -0.25) is 4.90 Å². The van der Waals surface area contributed by atoms with Crippen LogP contribution in [-0.4, -0.2) is 84.9 Å². The molecule has 0 spiro atoms. The Bertz CT molecular complexity index is 911. The summed E-state index contributed by atoms with van der Waals surface area (Å²) in [5, 5.41) is 3.30. The van der Waals surface area contributed by atoms with Gasteiger partial charge in [0.2, 0.25) is 16.0 Å². The van der Waals surface area contributed by atoms with Crippen LogP contribution in [-0.2, 0) is 10.0 Å².